The second-order valence-electron chi connectivity index (χ2n) is 12.9. The fourth-order valence-corrected chi connectivity index (χ4v) is 6.02. The second kappa shape index (κ2) is 7.96. The number of rotatable bonds is 4. The third kappa shape index (κ3) is 4.06. The summed E-state index contributed by atoms with van der Waals surface area (Å²) in [6.07, 6.45) is 5.09. The first-order chi connectivity index (χ1) is 15.7. The molecule has 0 aliphatic heterocycles. The van der Waals surface area contributed by atoms with Crippen LogP contribution in [0.2, 0.25) is 0 Å². The predicted octanol–water partition coefficient (Wildman–Crippen LogP) is 7.21. The van der Waals surface area contributed by atoms with E-state index in [4.69, 9.17) is 0 Å². The van der Waals surface area contributed by atoms with Crippen molar-refractivity contribution in [3.63, 3.8) is 0 Å². The highest BCUT2D eigenvalue weighted by molar-refractivity contribution is 6.06. The van der Waals surface area contributed by atoms with Crippen molar-refractivity contribution in [1.82, 2.24) is 0 Å². The minimum Gasteiger partial charge on any atom is -0.329 e. The first kappa shape index (κ1) is 24.5. The molecule has 0 spiro atoms. The van der Waals surface area contributed by atoms with Crippen LogP contribution in [0.25, 0.3) is 0 Å². The Hall–Kier alpha value is -2.62. The van der Waals surface area contributed by atoms with E-state index < -0.39 is 0 Å². The summed E-state index contributed by atoms with van der Waals surface area (Å²) in [6.45, 7) is 18.7. The zero-order valence-electron chi connectivity index (χ0n) is 22.1. The van der Waals surface area contributed by atoms with Gasteiger partial charge in [0, 0.05) is 16.9 Å². The number of carbonyl (C=O) groups is 2. The van der Waals surface area contributed by atoms with E-state index >= 15 is 0 Å². The maximum absolute atomic E-state index is 13.6. The molecule has 0 unspecified atom stereocenters. The Bertz CT molecular complexity index is 1080. The second-order valence-corrected chi connectivity index (χ2v) is 12.9. The fraction of sp³-hybridized carbons (Fsp3) is 0.533. The maximum Gasteiger partial charge on any atom is 0.255 e. The van der Waals surface area contributed by atoms with Crippen molar-refractivity contribution in [3.8, 4) is 0 Å². The van der Waals surface area contributed by atoms with Crippen LogP contribution >= 0.6 is 0 Å². The highest BCUT2D eigenvalue weighted by Gasteiger charge is 2.46. The Kier molecular flexibility index (Phi) is 5.74. The number of nitrogens with one attached hydrogen (secondary N) is 2. The lowest BCUT2D eigenvalue weighted by Crippen LogP contribution is -2.41. The quantitative estimate of drug-likeness (QED) is 0.474. The molecule has 0 heterocycles. The smallest absolute Gasteiger partial charge is 0.255 e. The SMILES string of the molecule is CC1(C)CCC(C)(C)c2c1cc1c(c2NC(=O)c2ccc(NC=O)cc2)C(C)(C)CCC1(C)C. The molecule has 2 aliphatic carbocycles. The molecule has 4 heteroatoms. The Morgan fingerprint density at radius 1 is 0.735 bits per heavy atom. The standard InChI is InChI=1S/C30H40N2O2/c1-27(2)13-15-29(5,6)23-21(27)17-22-24(30(7,8)16-14-28(22,3)4)25(23)32-26(34)19-9-11-20(12-10-19)31-18-33/h9-12,17-18H,13-16H2,1-8H3,(H,31,33)(H,32,34). The molecular formula is C30H40N2O2. The molecule has 4 nitrogen and oxygen atoms in total. The molecule has 2 aromatic rings. The molecule has 0 radical (unpaired) electrons. The van der Waals surface area contributed by atoms with Gasteiger partial charge in [-0.3, -0.25) is 9.59 Å². The highest BCUT2D eigenvalue weighted by Crippen LogP contribution is 2.56. The average molecular weight is 461 g/mol. The van der Waals surface area contributed by atoms with Gasteiger partial charge < -0.3 is 10.6 Å². The van der Waals surface area contributed by atoms with Gasteiger partial charge in [0.2, 0.25) is 6.41 Å². The molecule has 2 N–H and O–H groups in total. The zero-order valence-corrected chi connectivity index (χ0v) is 22.1. The van der Waals surface area contributed by atoms with Gasteiger partial charge in [-0.25, -0.2) is 0 Å². The average Bonchev–Trinajstić information content (AvgIpc) is 2.75. The van der Waals surface area contributed by atoms with Crippen molar-refractivity contribution < 1.29 is 9.59 Å². The number of hydrogen-bond acceptors (Lipinski definition) is 2. The van der Waals surface area contributed by atoms with Gasteiger partial charge in [0.05, 0.1) is 0 Å². The lowest BCUT2D eigenvalue weighted by atomic mass is 9.56. The van der Waals surface area contributed by atoms with Crippen LogP contribution in [0.5, 0.6) is 0 Å². The van der Waals surface area contributed by atoms with E-state index in [0.29, 0.717) is 17.7 Å². The molecule has 0 atom stereocenters. The monoisotopic (exact) mass is 460 g/mol. The highest BCUT2D eigenvalue weighted by atomic mass is 16.1. The number of carbonyl (C=O) groups excluding carboxylic acids is 2. The van der Waals surface area contributed by atoms with Crippen LogP contribution in [0.3, 0.4) is 0 Å². The molecule has 0 fully saturated rings. The molecule has 4 rings (SSSR count). The third-order valence-electron chi connectivity index (χ3n) is 8.50. The normalized spacial score (nSPS) is 21.1. The van der Waals surface area contributed by atoms with Gasteiger partial charge in [-0.15, -0.1) is 0 Å². The van der Waals surface area contributed by atoms with Crippen molar-refractivity contribution >= 4 is 23.7 Å². The zero-order chi connectivity index (χ0) is 25.1. The molecule has 0 aromatic heterocycles. The van der Waals surface area contributed by atoms with Gasteiger partial charge in [0.25, 0.3) is 5.91 Å². The summed E-state index contributed by atoms with van der Waals surface area (Å²) in [6, 6.07) is 9.56. The van der Waals surface area contributed by atoms with E-state index in [1.54, 1.807) is 24.3 Å². The minimum atomic E-state index is -0.105. The summed E-state index contributed by atoms with van der Waals surface area (Å²) >= 11 is 0. The number of amides is 2. The molecule has 2 aliphatic rings. The number of hydrogen-bond donors (Lipinski definition) is 2. The Morgan fingerprint density at radius 3 is 1.62 bits per heavy atom. The summed E-state index contributed by atoms with van der Waals surface area (Å²) in [7, 11) is 0. The van der Waals surface area contributed by atoms with Crippen molar-refractivity contribution in [2.75, 3.05) is 10.6 Å². The molecule has 0 saturated heterocycles. The van der Waals surface area contributed by atoms with Crippen LogP contribution < -0.4 is 10.6 Å². The van der Waals surface area contributed by atoms with Crippen LogP contribution in [0.15, 0.2) is 30.3 Å². The summed E-state index contributed by atoms with van der Waals surface area (Å²) in [4.78, 5) is 24.3. The van der Waals surface area contributed by atoms with Gasteiger partial charge in [-0.05, 0) is 93.9 Å². The molecule has 34 heavy (non-hydrogen) atoms. The molecule has 0 bridgehead atoms. The number of fused-ring (bicyclic) bond motifs is 2. The lowest BCUT2D eigenvalue weighted by Gasteiger charge is -2.49. The van der Waals surface area contributed by atoms with E-state index in [1.165, 1.54) is 22.3 Å². The Labute approximate surface area is 204 Å². The number of anilines is 2. The maximum atomic E-state index is 13.6. The molecule has 2 aromatic carbocycles. The van der Waals surface area contributed by atoms with Crippen molar-refractivity contribution in [2.45, 2.75) is 103 Å². The van der Waals surface area contributed by atoms with Crippen LogP contribution in [0, 0.1) is 0 Å². The van der Waals surface area contributed by atoms with E-state index in [9.17, 15) is 9.59 Å². The van der Waals surface area contributed by atoms with Crippen molar-refractivity contribution in [3.05, 3.63) is 58.1 Å². The van der Waals surface area contributed by atoms with Gasteiger partial charge >= 0.3 is 0 Å². The third-order valence-corrected chi connectivity index (χ3v) is 8.50. The van der Waals surface area contributed by atoms with Crippen molar-refractivity contribution in [1.29, 1.82) is 0 Å². The van der Waals surface area contributed by atoms with E-state index in [-0.39, 0.29) is 27.6 Å². The van der Waals surface area contributed by atoms with E-state index in [1.807, 2.05) is 0 Å². The van der Waals surface area contributed by atoms with Gasteiger partial charge in [0.1, 0.15) is 0 Å². The van der Waals surface area contributed by atoms with Crippen LogP contribution in [-0.4, -0.2) is 12.3 Å². The molecule has 2 amide bonds. The first-order valence-corrected chi connectivity index (χ1v) is 12.5. The molecular weight excluding hydrogens is 420 g/mol. The topological polar surface area (TPSA) is 58.2 Å². The van der Waals surface area contributed by atoms with Crippen LogP contribution in [-0.2, 0) is 26.5 Å². The summed E-state index contributed by atoms with van der Waals surface area (Å²) in [5.74, 6) is -0.105. The van der Waals surface area contributed by atoms with Gasteiger partial charge in [-0.1, -0.05) is 61.5 Å². The van der Waals surface area contributed by atoms with Gasteiger partial charge in [0.15, 0.2) is 0 Å². The summed E-state index contributed by atoms with van der Waals surface area (Å²) in [5.41, 5.74) is 7.72. The van der Waals surface area contributed by atoms with Gasteiger partial charge in [-0.2, -0.15) is 0 Å². The summed E-state index contributed by atoms with van der Waals surface area (Å²) < 4.78 is 0. The lowest BCUT2D eigenvalue weighted by molar-refractivity contribution is -0.105. The fourth-order valence-electron chi connectivity index (χ4n) is 6.02. The van der Waals surface area contributed by atoms with Crippen LogP contribution in [0.4, 0.5) is 11.4 Å². The number of benzene rings is 2. The Balaban J connectivity index is 1.95. The summed E-state index contributed by atoms with van der Waals surface area (Å²) in [5, 5.41) is 6.06. The first-order valence-electron chi connectivity index (χ1n) is 12.5. The Morgan fingerprint density at radius 2 is 1.18 bits per heavy atom. The van der Waals surface area contributed by atoms with E-state index in [2.05, 4.69) is 72.1 Å². The van der Waals surface area contributed by atoms with Crippen LogP contribution in [0.1, 0.15) is 114 Å². The molecule has 0 saturated carbocycles. The van der Waals surface area contributed by atoms with E-state index in [0.717, 1.165) is 31.4 Å². The molecule has 182 valence electrons. The largest absolute Gasteiger partial charge is 0.329 e. The van der Waals surface area contributed by atoms with Crippen molar-refractivity contribution in [2.24, 2.45) is 0 Å². The minimum absolute atomic E-state index is 0.0299. The predicted molar refractivity (Wildman–Crippen MR) is 141 cm³/mol.